The van der Waals surface area contributed by atoms with Gasteiger partial charge >= 0.3 is 0 Å². The number of amides is 1. The molecule has 104 valence electrons. The molecule has 0 fully saturated rings. The van der Waals surface area contributed by atoms with E-state index in [0.717, 1.165) is 16.8 Å². The smallest absolute Gasteiger partial charge is 0.271 e. The first-order chi connectivity index (χ1) is 9.61. The van der Waals surface area contributed by atoms with E-state index in [-0.39, 0.29) is 11.6 Å². The largest absolute Gasteiger partial charge is 0.399 e. The standard InChI is InChI=1S/C14H17N5O/c1-9-10(4-3-5-11(9)15)8-17-13-7-6-12(18-19-13)14(20)16-2/h3-7H,8,15H2,1-2H3,(H,16,20)(H,17,19). The number of nitrogens with two attached hydrogens (primary N) is 1. The zero-order valence-corrected chi connectivity index (χ0v) is 11.5. The van der Waals surface area contributed by atoms with Gasteiger partial charge in [0.25, 0.3) is 5.91 Å². The van der Waals surface area contributed by atoms with Gasteiger partial charge in [-0.2, -0.15) is 0 Å². The Morgan fingerprint density at radius 3 is 2.70 bits per heavy atom. The maximum Gasteiger partial charge on any atom is 0.271 e. The summed E-state index contributed by atoms with van der Waals surface area (Å²) in [5.41, 5.74) is 9.07. The maximum absolute atomic E-state index is 11.3. The first kappa shape index (κ1) is 13.8. The third-order valence-corrected chi connectivity index (χ3v) is 3.07. The summed E-state index contributed by atoms with van der Waals surface area (Å²) in [6.45, 7) is 2.58. The summed E-state index contributed by atoms with van der Waals surface area (Å²) in [4.78, 5) is 11.3. The Labute approximate surface area is 117 Å². The Hall–Kier alpha value is -2.63. The molecule has 0 atom stereocenters. The highest BCUT2D eigenvalue weighted by molar-refractivity contribution is 5.91. The molecule has 1 aromatic carbocycles. The van der Waals surface area contributed by atoms with Crippen LogP contribution in [-0.2, 0) is 6.54 Å². The summed E-state index contributed by atoms with van der Waals surface area (Å²) in [6, 6.07) is 9.14. The number of hydrogen-bond acceptors (Lipinski definition) is 5. The van der Waals surface area contributed by atoms with E-state index in [0.29, 0.717) is 12.4 Å². The first-order valence-electron chi connectivity index (χ1n) is 6.25. The Morgan fingerprint density at radius 2 is 2.05 bits per heavy atom. The third-order valence-electron chi connectivity index (χ3n) is 3.07. The number of anilines is 2. The molecule has 20 heavy (non-hydrogen) atoms. The van der Waals surface area contributed by atoms with Crippen molar-refractivity contribution in [2.24, 2.45) is 0 Å². The molecule has 1 heterocycles. The normalized spacial score (nSPS) is 10.1. The van der Waals surface area contributed by atoms with Gasteiger partial charge in [0.15, 0.2) is 5.69 Å². The van der Waals surface area contributed by atoms with Gasteiger partial charge in [0.2, 0.25) is 0 Å². The van der Waals surface area contributed by atoms with Gasteiger partial charge in [-0.25, -0.2) is 0 Å². The lowest BCUT2D eigenvalue weighted by molar-refractivity contribution is 0.0957. The fraction of sp³-hybridized carbons (Fsp3) is 0.214. The van der Waals surface area contributed by atoms with Crippen molar-refractivity contribution < 1.29 is 4.79 Å². The molecule has 1 amide bonds. The average Bonchev–Trinajstić information content (AvgIpc) is 2.48. The van der Waals surface area contributed by atoms with Crippen molar-refractivity contribution in [2.45, 2.75) is 13.5 Å². The van der Waals surface area contributed by atoms with Gasteiger partial charge in [-0.1, -0.05) is 12.1 Å². The number of nitrogens with one attached hydrogen (secondary N) is 2. The van der Waals surface area contributed by atoms with Crippen LogP contribution in [0.1, 0.15) is 21.6 Å². The van der Waals surface area contributed by atoms with Crippen molar-refractivity contribution in [2.75, 3.05) is 18.1 Å². The Balaban J connectivity index is 2.04. The van der Waals surface area contributed by atoms with Crippen LogP contribution in [0.15, 0.2) is 30.3 Å². The zero-order valence-electron chi connectivity index (χ0n) is 11.5. The molecule has 0 spiro atoms. The van der Waals surface area contributed by atoms with Crippen LogP contribution in [0, 0.1) is 6.92 Å². The molecular formula is C14H17N5O. The van der Waals surface area contributed by atoms with Crippen molar-refractivity contribution in [3.63, 3.8) is 0 Å². The van der Waals surface area contributed by atoms with E-state index in [1.165, 1.54) is 0 Å². The van der Waals surface area contributed by atoms with Crippen LogP contribution < -0.4 is 16.4 Å². The van der Waals surface area contributed by atoms with Crippen LogP contribution in [0.2, 0.25) is 0 Å². The van der Waals surface area contributed by atoms with Gasteiger partial charge < -0.3 is 16.4 Å². The molecule has 0 bridgehead atoms. The summed E-state index contributed by atoms with van der Waals surface area (Å²) >= 11 is 0. The molecule has 0 saturated heterocycles. The molecule has 0 aliphatic carbocycles. The molecule has 0 saturated carbocycles. The molecule has 2 rings (SSSR count). The van der Waals surface area contributed by atoms with Crippen molar-refractivity contribution in [3.05, 3.63) is 47.2 Å². The number of rotatable bonds is 4. The summed E-state index contributed by atoms with van der Waals surface area (Å²) in [5.74, 6) is 0.357. The van der Waals surface area contributed by atoms with E-state index in [1.54, 1.807) is 19.2 Å². The number of benzene rings is 1. The molecule has 6 nitrogen and oxygen atoms in total. The SMILES string of the molecule is CNC(=O)c1ccc(NCc2cccc(N)c2C)nn1. The van der Waals surface area contributed by atoms with Gasteiger partial charge in [-0.3, -0.25) is 4.79 Å². The molecule has 0 aliphatic heterocycles. The van der Waals surface area contributed by atoms with Crippen molar-refractivity contribution >= 4 is 17.4 Å². The van der Waals surface area contributed by atoms with Crippen molar-refractivity contribution in [3.8, 4) is 0 Å². The minimum absolute atomic E-state index is 0.254. The van der Waals surface area contributed by atoms with E-state index in [1.807, 2.05) is 25.1 Å². The molecule has 4 N–H and O–H groups in total. The lowest BCUT2D eigenvalue weighted by atomic mass is 10.1. The van der Waals surface area contributed by atoms with Gasteiger partial charge in [0, 0.05) is 19.3 Å². The lowest BCUT2D eigenvalue weighted by Crippen LogP contribution is -2.19. The van der Waals surface area contributed by atoms with Crippen LogP contribution in [-0.4, -0.2) is 23.2 Å². The molecule has 1 aromatic heterocycles. The van der Waals surface area contributed by atoms with Gasteiger partial charge in [-0.05, 0) is 36.2 Å². The molecule has 0 unspecified atom stereocenters. The van der Waals surface area contributed by atoms with Crippen LogP contribution in [0.4, 0.5) is 11.5 Å². The Kier molecular flexibility index (Phi) is 4.14. The topological polar surface area (TPSA) is 92.9 Å². The van der Waals surface area contributed by atoms with E-state index >= 15 is 0 Å². The van der Waals surface area contributed by atoms with Crippen LogP contribution in [0.3, 0.4) is 0 Å². The minimum atomic E-state index is -0.254. The summed E-state index contributed by atoms with van der Waals surface area (Å²) in [5, 5.41) is 13.5. The lowest BCUT2D eigenvalue weighted by Gasteiger charge is -2.10. The number of hydrogen-bond donors (Lipinski definition) is 3. The van der Waals surface area contributed by atoms with Crippen LogP contribution in [0.5, 0.6) is 0 Å². The zero-order chi connectivity index (χ0) is 14.5. The highest BCUT2D eigenvalue weighted by atomic mass is 16.1. The molecule has 6 heteroatoms. The number of nitrogens with zero attached hydrogens (tertiary/aromatic N) is 2. The summed E-state index contributed by atoms with van der Waals surface area (Å²) in [7, 11) is 1.55. The maximum atomic E-state index is 11.3. The van der Waals surface area contributed by atoms with Gasteiger partial charge in [0.05, 0.1) is 0 Å². The first-order valence-corrected chi connectivity index (χ1v) is 6.25. The Morgan fingerprint density at radius 1 is 1.25 bits per heavy atom. The summed E-state index contributed by atoms with van der Waals surface area (Å²) < 4.78 is 0. The van der Waals surface area contributed by atoms with Gasteiger partial charge in [0.1, 0.15) is 5.82 Å². The monoisotopic (exact) mass is 271 g/mol. The second kappa shape index (κ2) is 6.01. The molecule has 0 aliphatic rings. The van der Waals surface area contributed by atoms with Crippen molar-refractivity contribution in [1.29, 1.82) is 0 Å². The Bertz CT molecular complexity index is 609. The minimum Gasteiger partial charge on any atom is -0.399 e. The van der Waals surface area contributed by atoms with E-state index in [4.69, 9.17) is 5.73 Å². The second-order valence-corrected chi connectivity index (χ2v) is 4.37. The van der Waals surface area contributed by atoms with Crippen LogP contribution in [0.25, 0.3) is 0 Å². The fourth-order valence-corrected chi connectivity index (χ4v) is 1.76. The quantitative estimate of drug-likeness (QED) is 0.730. The summed E-state index contributed by atoms with van der Waals surface area (Å²) in [6.07, 6.45) is 0. The third kappa shape index (κ3) is 3.03. The van der Waals surface area contributed by atoms with Crippen LogP contribution >= 0.6 is 0 Å². The van der Waals surface area contributed by atoms with E-state index < -0.39 is 0 Å². The van der Waals surface area contributed by atoms with E-state index in [9.17, 15) is 4.79 Å². The number of nitrogen functional groups attached to an aromatic ring is 1. The number of carbonyl (C=O) groups is 1. The highest BCUT2D eigenvalue weighted by Gasteiger charge is 2.06. The van der Waals surface area contributed by atoms with Gasteiger partial charge in [-0.15, -0.1) is 10.2 Å². The highest BCUT2D eigenvalue weighted by Crippen LogP contribution is 2.16. The predicted molar refractivity (Wildman–Crippen MR) is 78.3 cm³/mol. The number of carbonyl (C=O) groups excluding carboxylic acids is 1. The molecule has 2 aromatic rings. The fourth-order valence-electron chi connectivity index (χ4n) is 1.76. The number of aromatic nitrogens is 2. The predicted octanol–water partition coefficient (Wildman–Crippen LogP) is 1.34. The second-order valence-electron chi connectivity index (χ2n) is 4.37. The van der Waals surface area contributed by atoms with E-state index in [2.05, 4.69) is 20.8 Å². The average molecular weight is 271 g/mol. The molecule has 0 radical (unpaired) electrons. The van der Waals surface area contributed by atoms with Crippen molar-refractivity contribution in [1.82, 2.24) is 15.5 Å². The molecular weight excluding hydrogens is 254 g/mol.